The summed E-state index contributed by atoms with van der Waals surface area (Å²) in [4.78, 5) is 22.0. The minimum atomic E-state index is -0.398. The van der Waals surface area contributed by atoms with Crippen molar-refractivity contribution >= 4 is 5.97 Å². The number of rotatable bonds is 8. The summed E-state index contributed by atoms with van der Waals surface area (Å²) in [5, 5.41) is 0. The number of carbonyl (C=O) groups is 1. The van der Waals surface area contributed by atoms with Gasteiger partial charge in [-0.2, -0.15) is 0 Å². The van der Waals surface area contributed by atoms with Gasteiger partial charge in [-0.3, -0.25) is 4.79 Å². The van der Waals surface area contributed by atoms with Crippen molar-refractivity contribution in [3.8, 4) is 11.5 Å². The lowest BCUT2D eigenvalue weighted by Crippen LogP contribution is -2.22. The maximum atomic E-state index is 12.9. The highest BCUT2D eigenvalue weighted by Gasteiger charge is 2.42. The third-order valence-corrected chi connectivity index (χ3v) is 5.75. The SMILES string of the molecule is CC(C)C(C(=O)OCc1cccc(Oc2ccccc2)c1)c1cnc(C2(C)CC2)nc1. The van der Waals surface area contributed by atoms with Gasteiger partial charge >= 0.3 is 5.97 Å². The van der Waals surface area contributed by atoms with E-state index < -0.39 is 5.92 Å². The molecule has 1 aromatic heterocycles. The fraction of sp³-hybridized carbons (Fsp3) is 0.346. The molecule has 1 heterocycles. The Morgan fingerprint density at radius 1 is 1.00 bits per heavy atom. The molecule has 0 spiro atoms. The minimum Gasteiger partial charge on any atom is -0.460 e. The number of benzene rings is 2. The summed E-state index contributed by atoms with van der Waals surface area (Å²) < 4.78 is 11.5. The van der Waals surface area contributed by atoms with Crippen molar-refractivity contribution in [2.24, 2.45) is 5.92 Å². The van der Waals surface area contributed by atoms with Crippen LogP contribution in [0.4, 0.5) is 0 Å². The molecule has 0 N–H and O–H groups in total. The van der Waals surface area contributed by atoms with Gasteiger partial charge in [-0.1, -0.05) is 51.1 Å². The normalized spacial score (nSPS) is 15.4. The van der Waals surface area contributed by atoms with E-state index in [4.69, 9.17) is 9.47 Å². The zero-order valence-electron chi connectivity index (χ0n) is 18.2. The van der Waals surface area contributed by atoms with Crippen molar-refractivity contribution in [2.75, 3.05) is 0 Å². The summed E-state index contributed by atoms with van der Waals surface area (Å²) in [6.07, 6.45) is 5.81. The smallest absolute Gasteiger partial charge is 0.314 e. The molecule has 0 radical (unpaired) electrons. The molecule has 160 valence electrons. The van der Waals surface area contributed by atoms with Crippen molar-refractivity contribution in [1.29, 1.82) is 0 Å². The molecule has 0 aliphatic heterocycles. The monoisotopic (exact) mass is 416 g/mol. The van der Waals surface area contributed by atoms with Crippen LogP contribution in [0.25, 0.3) is 0 Å². The summed E-state index contributed by atoms with van der Waals surface area (Å²) in [6.45, 7) is 6.38. The van der Waals surface area contributed by atoms with Crippen LogP contribution in [0, 0.1) is 5.92 Å². The first-order chi connectivity index (χ1) is 14.9. The Kier molecular flexibility index (Phi) is 6.03. The number of hydrogen-bond donors (Lipinski definition) is 0. The summed E-state index contributed by atoms with van der Waals surface area (Å²) in [7, 11) is 0. The highest BCUT2D eigenvalue weighted by atomic mass is 16.5. The van der Waals surface area contributed by atoms with Gasteiger partial charge in [-0.25, -0.2) is 9.97 Å². The zero-order valence-corrected chi connectivity index (χ0v) is 18.2. The molecule has 1 unspecified atom stereocenters. The second kappa shape index (κ2) is 8.88. The average molecular weight is 417 g/mol. The van der Waals surface area contributed by atoms with Crippen LogP contribution in [-0.2, 0) is 21.6 Å². The molecule has 2 aromatic carbocycles. The zero-order chi connectivity index (χ0) is 21.8. The minimum absolute atomic E-state index is 0.0752. The van der Waals surface area contributed by atoms with Crippen LogP contribution < -0.4 is 4.74 Å². The van der Waals surface area contributed by atoms with E-state index in [2.05, 4.69) is 16.9 Å². The Hall–Kier alpha value is -3.21. The Morgan fingerprint density at radius 3 is 2.32 bits per heavy atom. The van der Waals surface area contributed by atoms with Crippen molar-refractivity contribution < 1.29 is 14.3 Å². The third kappa shape index (κ3) is 5.10. The fourth-order valence-electron chi connectivity index (χ4n) is 3.58. The number of hydrogen-bond acceptors (Lipinski definition) is 5. The number of para-hydroxylation sites is 1. The molecule has 0 saturated heterocycles. The van der Waals surface area contributed by atoms with Gasteiger partial charge in [-0.15, -0.1) is 0 Å². The van der Waals surface area contributed by atoms with E-state index in [1.54, 1.807) is 12.4 Å². The van der Waals surface area contributed by atoms with Gasteiger partial charge in [0.25, 0.3) is 0 Å². The van der Waals surface area contributed by atoms with Crippen molar-refractivity contribution in [3.63, 3.8) is 0 Å². The lowest BCUT2D eigenvalue weighted by molar-refractivity contribution is -0.148. The molecule has 1 atom stereocenters. The van der Waals surface area contributed by atoms with Crippen LogP contribution in [-0.4, -0.2) is 15.9 Å². The van der Waals surface area contributed by atoms with Crippen LogP contribution in [0.5, 0.6) is 11.5 Å². The summed E-state index contributed by atoms with van der Waals surface area (Å²) in [5.41, 5.74) is 1.78. The second-order valence-electron chi connectivity index (χ2n) is 8.79. The quantitative estimate of drug-likeness (QED) is 0.434. The number of ether oxygens (including phenoxy) is 2. The van der Waals surface area contributed by atoms with E-state index in [0.717, 1.165) is 35.5 Å². The van der Waals surface area contributed by atoms with Gasteiger partial charge in [0.05, 0.1) is 5.92 Å². The lowest BCUT2D eigenvalue weighted by atomic mass is 9.90. The molecule has 0 bridgehead atoms. The van der Waals surface area contributed by atoms with Crippen LogP contribution >= 0.6 is 0 Å². The van der Waals surface area contributed by atoms with E-state index >= 15 is 0 Å². The van der Waals surface area contributed by atoms with Gasteiger partial charge in [0.1, 0.15) is 23.9 Å². The molecular formula is C26H28N2O3. The van der Waals surface area contributed by atoms with Crippen LogP contribution in [0.1, 0.15) is 56.5 Å². The van der Waals surface area contributed by atoms with Gasteiger partial charge in [0, 0.05) is 23.4 Å². The van der Waals surface area contributed by atoms with Crippen molar-refractivity contribution in [3.05, 3.63) is 83.9 Å². The molecule has 1 aliphatic rings. The summed E-state index contributed by atoms with van der Waals surface area (Å²) >= 11 is 0. The van der Waals surface area contributed by atoms with Gasteiger partial charge in [0.15, 0.2) is 0 Å². The predicted molar refractivity (Wildman–Crippen MR) is 119 cm³/mol. The number of aromatic nitrogens is 2. The number of carbonyl (C=O) groups excluding carboxylic acids is 1. The standard InChI is InChI=1S/C26H28N2O3/c1-18(2)23(20-15-27-25(28-16-20)26(3)12-13-26)24(29)30-17-19-8-7-11-22(14-19)31-21-9-5-4-6-10-21/h4-11,14-16,18,23H,12-13,17H2,1-3H3. The highest BCUT2D eigenvalue weighted by molar-refractivity contribution is 5.78. The topological polar surface area (TPSA) is 61.3 Å². The molecule has 5 heteroatoms. The largest absolute Gasteiger partial charge is 0.460 e. The Bertz CT molecular complexity index is 1030. The van der Waals surface area contributed by atoms with E-state index in [1.807, 2.05) is 68.4 Å². The Balaban J connectivity index is 1.41. The maximum absolute atomic E-state index is 12.9. The van der Waals surface area contributed by atoms with E-state index in [1.165, 1.54) is 0 Å². The van der Waals surface area contributed by atoms with E-state index in [0.29, 0.717) is 5.75 Å². The first kappa shape index (κ1) is 21.0. The molecule has 0 amide bonds. The van der Waals surface area contributed by atoms with E-state index in [-0.39, 0.29) is 23.9 Å². The van der Waals surface area contributed by atoms with Gasteiger partial charge in [0.2, 0.25) is 0 Å². The number of nitrogens with zero attached hydrogens (tertiary/aromatic N) is 2. The summed E-state index contributed by atoms with van der Waals surface area (Å²) in [5.74, 6) is 1.74. The molecule has 5 nitrogen and oxygen atoms in total. The predicted octanol–water partition coefficient (Wildman–Crippen LogP) is 5.80. The van der Waals surface area contributed by atoms with Crippen LogP contribution in [0.2, 0.25) is 0 Å². The maximum Gasteiger partial charge on any atom is 0.314 e. The summed E-state index contributed by atoms with van der Waals surface area (Å²) in [6, 6.07) is 17.2. The highest BCUT2D eigenvalue weighted by Crippen LogP contribution is 2.45. The van der Waals surface area contributed by atoms with Gasteiger partial charge in [-0.05, 0) is 48.6 Å². The molecule has 1 saturated carbocycles. The van der Waals surface area contributed by atoms with Crippen LogP contribution in [0.15, 0.2) is 67.0 Å². The van der Waals surface area contributed by atoms with Gasteiger partial charge < -0.3 is 9.47 Å². The fourth-order valence-corrected chi connectivity index (χ4v) is 3.58. The molecule has 3 aromatic rings. The van der Waals surface area contributed by atoms with Crippen molar-refractivity contribution in [1.82, 2.24) is 9.97 Å². The first-order valence-electron chi connectivity index (χ1n) is 10.8. The number of esters is 1. The Morgan fingerprint density at radius 2 is 1.68 bits per heavy atom. The lowest BCUT2D eigenvalue weighted by Gasteiger charge is -2.20. The average Bonchev–Trinajstić information content (AvgIpc) is 3.52. The third-order valence-electron chi connectivity index (χ3n) is 5.75. The molecular weight excluding hydrogens is 388 g/mol. The second-order valence-corrected chi connectivity index (χ2v) is 8.79. The van der Waals surface area contributed by atoms with Crippen LogP contribution in [0.3, 0.4) is 0 Å². The molecule has 1 aliphatic carbocycles. The Labute approximate surface area is 183 Å². The van der Waals surface area contributed by atoms with Crippen molar-refractivity contribution in [2.45, 2.75) is 51.6 Å². The molecule has 31 heavy (non-hydrogen) atoms. The molecule has 4 rings (SSSR count). The molecule has 1 fully saturated rings. The van der Waals surface area contributed by atoms with E-state index in [9.17, 15) is 4.79 Å². The first-order valence-corrected chi connectivity index (χ1v) is 10.8.